The number of hydrogen-bond donors (Lipinski definition) is 0. The molecule has 0 spiro atoms. The molecular formula is C23H27F2N5O5S. The van der Waals surface area contributed by atoms with Crippen LogP contribution >= 0.6 is 0 Å². The Morgan fingerprint density at radius 3 is 2.58 bits per heavy atom. The van der Waals surface area contributed by atoms with Crippen LogP contribution in [-0.2, 0) is 21.1 Å². The summed E-state index contributed by atoms with van der Waals surface area (Å²) in [6.45, 7) is 4.57. The topological polar surface area (TPSA) is 113 Å². The fraction of sp³-hybridized carbons (Fsp3) is 0.478. The number of rotatable bonds is 4. The Hall–Kier alpha value is -3.35. The number of urea groups is 1. The fourth-order valence-corrected chi connectivity index (χ4v) is 4.82. The average molecular weight is 524 g/mol. The first-order valence-electron chi connectivity index (χ1n) is 11.3. The van der Waals surface area contributed by atoms with Crippen LogP contribution in [0.2, 0.25) is 0 Å². The second-order valence-corrected chi connectivity index (χ2v) is 11.6. The molecule has 10 nitrogen and oxygen atoms in total. The summed E-state index contributed by atoms with van der Waals surface area (Å²) in [6.07, 6.45) is -0.914. The minimum Gasteiger partial charge on any atom is -0.443 e. The van der Waals surface area contributed by atoms with Crippen LogP contribution in [0.3, 0.4) is 0 Å². The molecule has 2 aliphatic rings. The van der Waals surface area contributed by atoms with Gasteiger partial charge in [0, 0.05) is 24.6 Å². The van der Waals surface area contributed by atoms with E-state index < -0.39 is 51.7 Å². The minimum atomic E-state index is -3.82. The predicted octanol–water partition coefficient (Wildman–Crippen LogP) is 3.77. The number of amides is 3. The van der Waals surface area contributed by atoms with Gasteiger partial charge < -0.3 is 9.64 Å². The summed E-state index contributed by atoms with van der Waals surface area (Å²) in [4.78, 5) is 37.9. The monoisotopic (exact) mass is 523 g/mol. The maximum absolute atomic E-state index is 13.5. The molecule has 4 rings (SSSR count). The van der Waals surface area contributed by atoms with Crippen LogP contribution in [0.25, 0.3) is 0 Å². The van der Waals surface area contributed by atoms with E-state index in [2.05, 4.69) is 9.97 Å². The Bertz CT molecular complexity index is 1300. The lowest BCUT2D eigenvalue weighted by molar-refractivity contribution is 0.0571. The number of alkyl halides is 2. The fourth-order valence-electron chi connectivity index (χ4n) is 4.32. The molecule has 0 saturated carbocycles. The number of ether oxygens (including phenoxy) is 1. The van der Waals surface area contributed by atoms with E-state index in [1.54, 1.807) is 45.0 Å². The molecule has 1 aromatic carbocycles. The number of sulfone groups is 1. The highest BCUT2D eigenvalue weighted by Crippen LogP contribution is 2.41. The first-order chi connectivity index (χ1) is 16.8. The minimum absolute atomic E-state index is 0.0105. The molecule has 0 saturated heterocycles. The number of carbonyl (C=O) groups is 2. The number of nitrogens with zero attached hydrogens (tertiary/aromatic N) is 5. The van der Waals surface area contributed by atoms with Gasteiger partial charge in [-0.3, -0.25) is 9.80 Å². The number of halogens is 2. The average Bonchev–Trinajstić information content (AvgIpc) is 2.78. The van der Waals surface area contributed by atoms with Gasteiger partial charge in [0.05, 0.1) is 24.8 Å². The Morgan fingerprint density at radius 2 is 1.94 bits per heavy atom. The summed E-state index contributed by atoms with van der Waals surface area (Å²) in [5, 5.41) is -0.544. The third-order valence-electron chi connectivity index (χ3n) is 5.75. The van der Waals surface area contributed by atoms with Crippen molar-refractivity contribution in [2.75, 3.05) is 29.1 Å². The van der Waals surface area contributed by atoms with Crippen molar-refractivity contribution in [1.82, 2.24) is 14.9 Å². The van der Waals surface area contributed by atoms with Gasteiger partial charge in [-0.15, -0.1) is 0 Å². The lowest BCUT2D eigenvalue weighted by Gasteiger charge is -2.44. The van der Waals surface area contributed by atoms with Gasteiger partial charge in [-0.05, 0) is 38.8 Å². The van der Waals surface area contributed by atoms with Gasteiger partial charge in [0.2, 0.25) is 15.0 Å². The van der Waals surface area contributed by atoms with Crippen LogP contribution in [0.15, 0.2) is 35.6 Å². The zero-order chi connectivity index (χ0) is 26.4. The van der Waals surface area contributed by atoms with Crippen molar-refractivity contribution in [1.29, 1.82) is 0 Å². The number of hydrogen-bond acceptors (Lipinski definition) is 7. The van der Waals surface area contributed by atoms with Gasteiger partial charge in [-0.25, -0.2) is 36.8 Å². The zero-order valence-corrected chi connectivity index (χ0v) is 21.1. The van der Waals surface area contributed by atoms with E-state index in [4.69, 9.17) is 4.74 Å². The van der Waals surface area contributed by atoms with Crippen molar-refractivity contribution in [2.45, 2.75) is 57.0 Å². The van der Waals surface area contributed by atoms with Crippen molar-refractivity contribution in [2.24, 2.45) is 0 Å². The largest absolute Gasteiger partial charge is 0.443 e. The first kappa shape index (κ1) is 25.7. The quantitative estimate of drug-likeness (QED) is 0.561. The van der Waals surface area contributed by atoms with Gasteiger partial charge in [0.15, 0.2) is 0 Å². The standard InChI is InChI=1S/C23H27F2N5O5S/c1-23(2,3)35-22(32)28-10-9-17(15-7-5-6-8-16(15)28)29-12-14-11-26-20(36(4,33)34)27-19(14)30(21(29)31)13-18(24)25/h5-8,11,17-18H,9-10,12-13H2,1-4H3. The lowest BCUT2D eigenvalue weighted by Crippen LogP contribution is -2.52. The molecule has 13 heteroatoms. The van der Waals surface area contributed by atoms with Crippen LogP contribution in [0, 0.1) is 0 Å². The van der Waals surface area contributed by atoms with E-state index in [0.29, 0.717) is 23.2 Å². The maximum Gasteiger partial charge on any atom is 0.414 e. The second-order valence-electron chi connectivity index (χ2n) is 9.68. The van der Waals surface area contributed by atoms with Crippen LogP contribution in [0.1, 0.15) is 44.4 Å². The summed E-state index contributed by atoms with van der Waals surface area (Å²) in [5.74, 6) is -0.147. The Labute approximate surface area is 207 Å². The van der Waals surface area contributed by atoms with Crippen LogP contribution in [0.4, 0.5) is 29.9 Å². The molecule has 0 aliphatic carbocycles. The number of anilines is 2. The number of carbonyl (C=O) groups excluding carboxylic acids is 2. The molecule has 1 unspecified atom stereocenters. The molecule has 2 aromatic rings. The van der Waals surface area contributed by atoms with Crippen LogP contribution in [0.5, 0.6) is 0 Å². The molecule has 2 aliphatic heterocycles. The van der Waals surface area contributed by atoms with E-state index in [1.807, 2.05) is 0 Å². The van der Waals surface area contributed by atoms with Crippen molar-refractivity contribution in [3.05, 3.63) is 41.6 Å². The van der Waals surface area contributed by atoms with Gasteiger partial charge in [0.1, 0.15) is 11.4 Å². The number of para-hydroxylation sites is 1. The molecule has 0 radical (unpaired) electrons. The Kier molecular flexibility index (Phi) is 6.62. The first-order valence-corrected chi connectivity index (χ1v) is 13.2. The summed E-state index contributed by atoms with van der Waals surface area (Å²) >= 11 is 0. The van der Waals surface area contributed by atoms with E-state index in [0.717, 1.165) is 11.2 Å². The third kappa shape index (κ3) is 5.11. The van der Waals surface area contributed by atoms with Crippen molar-refractivity contribution in [3.63, 3.8) is 0 Å². The molecule has 36 heavy (non-hydrogen) atoms. The van der Waals surface area contributed by atoms with Gasteiger partial charge in [-0.2, -0.15) is 0 Å². The second kappa shape index (κ2) is 9.26. The molecular weight excluding hydrogens is 496 g/mol. The maximum atomic E-state index is 13.5. The summed E-state index contributed by atoms with van der Waals surface area (Å²) < 4.78 is 56.3. The lowest BCUT2D eigenvalue weighted by atomic mass is 9.94. The summed E-state index contributed by atoms with van der Waals surface area (Å²) in [6, 6.07) is 5.79. The Balaban J connectivity index is 1.72. The van der Waals surface area contributed by atoms with Crippen LogP contribution < -0.4 is 9.80 Å². The van der Waals surface area contributed by atoms with E-state index in [1.165, 1.54) is 16.0 Å². The van der Waals surface area contributed by atoms with E-state index >= 15 is 0 Å². The van der Waals surface area contributed by atoms with Crippen molar-refractivity contribution >= 4 is 33.5 Å². The highest BCUT2D eigenvalue weighted by molar-refractivity contribution is 7.90. The smallest absolute Gasteiger partial charge is 0.414 e. The molecule has 1 atom stereocenters. The summed E-state index contributed by atoms with van der Waals surface area (Å²) in [5.41, 5.74) is 0.869. The normalized spacial score (nSPS) is 18.2. The molecule has 194 valence electrons. The van der Waals surface area contributed by atoms with Gasteiger partial charge in [-0.1, -0.05) is 18.2 Å². The molecule has 3 heterocycles. The SMILES string of the molecule is CC(C)(C)OC(=O)N1CCC(N2Cc3cnc(S(C)(=O)=O)nc3N(CC(F)F)C2=O)c2ccccc21. The molecule has 0 fully saturated rings. The predicted molar refractivity (Wildman–Crippen MR) is 127 cm³/mol. The number of benzene rings is 1. The van der Waals surface area contributed by atoms with E-state index in [-0.39, 0.29) is 18.9 Å². The molecule has 3 amide bonds. The number of aromatic nitrogens is 2. The van der Waals surface area contributed by atoms with Crippen LogP contribution in [-0.4, -0.2) is 66.8 Å². The van der Waals surface area contributed by atoms with E-state index in [9.17, 15) is 26.8 Å². The Morgan fingerprint density at radius 1 is 1.25 bits per heavy atom. The summed E-state index contributed by atoms with van der Waals surface area (Å²) in [7, 11) is -3.82. The van der Waals surface area contributed by atoms with Crippen molar-refractivity contribution in [3.8, 4) is 0 Å². The highest BCUT2D eigenvalue weighted by Gasteiger charge is 2.41. The highest BCUT2D eigenvalue weighted by atomic mass is 32.2. The zero-order valence-electron chi connectivity index (χ0n) is 20.3. The molecule has 0 bridgehead atoms. The van der Waals surface area contributed by atoms with Crippen molar-refractivity contribution < 1.29 is 31.5 Å². The van der Waals surface area contributed by atoms with Gasteiger partial charge >= 0.3 is 12.1 Å². The molecule has 1 aromatic heterocycles. The number of fused-ring (bicyclic) bond motifs is 2. The molecule has 0 N–H and O–H groups in total. The third-order valence-corrected chi connectivity index (χ3v) is 6.61. The van der Waals surface area contributed by atoms with Gasteiger partial charge in [0.25, 0.3) is 6.43 Å².